The van der Waals surface area contributed by atoms with E-state index in [1.54, 1.807) is 11.7 Å². The minimum absolute atomic E-state index is 0.0296. The van der Waals surface area contributed by atoms with Crippen LogP contribution in [-0.4, -0.2) is 43.6 Å². The molecule has 7 nitrogen and oxygen atoms in total. The number of nitrogens with zero attached hydrogens (tertiary/aromatic N) is 5. The lowest BCUT2D eigenvalue weighted by molar-refractivity contribution is -0.173. The van der Waals surface area contributed by atoms with E-state index in [4.69, 9.17) is 0 Å². The van der Waals surface area contributed by atoms with Gasteiger partial charge in [0.15, 0.2) is 11.7 Å². The highest BCUT2D eigenvalue weighted by molar-refractivity contribution is 5.93. The number of benzene rings is 1. The molecule has 176 valence electrons. The second kappa shape index (κ2) is 8.24. The van der Waals surface area contributed by atoms with E-state index in [0.29, 0.717) is 0 Å². The van der Waals surface area contributed by atoms with Crippen molar-refractivity contribution in [3.8, 4) is 0 Å². The molecule has 0 radical (unpaired) electrons. The third kappa shape index (κ3) is 4.34. The molecule has 3 aromatic rings. The number of nitrogens with one attached hydrogen (secondary N) is 1. The molecule has 1 amide bonds. The van der Waals surface area contributed by atoms with Crippen molar-refractivity contribution in [1.82, 2.24) is 24.5 Å². The number of carbonyl (C=O) groups excluding carboxylic acids is 1. The van der Waals surface area contributed by atoms with Crippen molar-refractivity contribution in [3.05, 3.63) is 64.1 Å². The van der Waals surface area contributed by atoms with E-state index in [1.807, 2.05) is 52.1 Å². The molecule has 1 aliphatic rings. The predicted octanol–water partition coefficient (Wildman–Crippen LogP) is 4.47. The summed E-state index contributed by atoms with van der Waals surface area (Å²) in [6, 6.07) is 6.43. The largest absolute Gasteiger partial charge is 0.410 e. The number of hydrogen-bond acceptors (Lipinski definition) is 4. The first-order chi connectivity index (χ1) is 15.5. The predicted molar refractivity (Wildman–Crippen MR) is 118 cm³/mol. The second-order valence-electron chi connectivity index (χ2n) is 8.69. The van der Waals surface area contributed by atoms with Gasteiger partial charge in [-0.25, -0.2) is 4.68 Å². The Balaban J connectivity index is 1.62. The van der Waals surface area contributed by atoms with Crippen LogP contribution in [0, 0.1) is 20.8 Å². The number of rotatable bonds is 4. The fraction of sp³-hybridized carbons (Fsp3) is 0.435. The van der Waals surface area contributed by atoms with E-state index >= 15 is 0 Å². The third-order valence-corrected chi connectivity index (χ3v) is 6.29. The Morgan fingerprint density at radius 1 is 1.18 bits per heavy atom. The molecule has 0 aliphatic carbocycles. The summed E-state index contributed by atoms with van der Waals surface area (Å²) in [6.07, 6.45) is -4.71. The molecule has 0 spiro atoms. The average molecular weight is 461 g/mol. The summed E-state index contributed by atoms with van der Waals surface area (Å²) >= 11 is 0. The minimum atomic E-state index is -4.50. The molecule has 3 heterocycles. The van der Waals surface area contributed by atoms with E-state index in [2.05, 4.69) is 15.5 Å². The monoisotopic (exact) mass is 460 g/mol. The summed E-state index contributed by atoms with van der Waals surface area (Å²) < 4.78 is 44.4. The Kier molecular flexibility index (Phi) is 5.71. The molecule has 0 bridgehead atoms. The van der Waals surface area contributed by atoms with Crippen LogP contribution in [0.25, 0.3) is 0 Å². The molecule has 0 saturated carbocycles. The van der Waals surface area contributed by atoms with Crippen LogP contribution in [0.2, 0.25) is 0 Å². The number of hydrogen-bond donors (Lipinski definition) is 1. The summed E-state index contributed by atoms with van der Waals surface area (Å²) in [5, 5.41) is 11.6. The molecule has 1 aromatic carbocycles. The van der Waals surface area contributed by atoms with Gasteiger partial charge in [0, 0.05) is 44.4 Å². The first kappa shape index (κ1) is 22.9. The van der Waals surface area contributed by atoms with Crippen LogP contribution in [0.15, 0.2) is 30.3 Å². The zero-order valence-corrected chi connectivity index (χ0v) is 19.2. The van der Waals surface area contributed by atoms with Gasteiger partial charge in [0.25, 0.3) is 5.91 Å². The lowest BCUT2D eigenvalue weighted by atomic mass is 9.96. The maximum Gasteiger partial charge on any atom is 0.410 e. The van der Waals surface area contributed by atoms with Gasteiger partial charge in [-0.05, 0) is 26.3 Å². The first-order valence-corrected chi connectivity index (χ1v) is 10.7. The third-order valence-electron chi connectivity index (χ3n) is 6.29. The standard InChI is InChI=1S/C23H27F3N6O/c1-13-6-8-16(9-7-13)18-10-20(23(24,25)26)32-21(27-18)11-19(29-32)22(33)30(4)12-17-14(2)28-31(5)15(17)3/h6-9,11,18,20,27H,10,12H2,1-5H3/t18-,20+/m0/s1. The van der Waals surface area contributed by atoms with Gasteiger partial charge < -0.3 is 10.2 Å². The molecule has 2 aromatic heterocycles. The van der Waals surface area contributed by atoms with Crippen molar-refractivity contribution >= 4 is 11.7 Å². The number of aromatic nitrogens is 4. The molecule has 1 aliphatic heterocycles. The second-order valence-corrected chi connectivity index (χ2v) is 8.69. The molecule has 0 unspecified atom stereocenters. The van der Waals surface area contributed by atoms with Gasteiger partial charge in [0.05, 0.1) is 11.7 Å². The lowest BCUT2D eigenvalue weighted by Gasteiger charge is -2.33. The van der Waals surface area contributed by atoms with Crippen LogP contribution >= 0.6 is 0 Å². The summed E-state index contributed by atoms with van der Waals surface area (Å²) in [7, 11) is 3.43. The summed E-state index contributed by atoms with van der Waals surface area (Å²) in [5.74, 6) is -0.270. The Morgan fingerprint density at radius 2 is 1.85 bits per heavy atom. The Labute approximate surface area is 190 Å². The van der Waals surface area contributed by atoms with Crippen molar-refractivity contribution in [2.45, 2.75) is 52.0 Å². The van der Waals surface area contributed by atoms with Gasteiger partial charge in [-0.2, -0.15) is 23.4 Å². The van der Waals surface area contributed by atoms with Crippen LogP contribution < -0.4 is 5.32 Å². The summed E-state index contributed by atoms with van der Waals surface area (Å²) in [5.41, 5.74) is 4.40. The van der Waals surface area contributed by atoms with Crippen LogP contribution in [0.1, 0.15) is 57.1 Å². The van der Waals surface area contributed by atoms with Crippen LogP contribution in [0.4, 0.5) is 19.0 Å². The van der Waals surface area contributed by atoms with Gasteiger partial charge >= 0.3 is 6.18 Å². The number of halogens is 3. The molecule has 1 N–H and O–H groups in total. The topological polar surface area (TPSA) is 68.0 Å². The number of aryl methyl sites for hydroxylation is 3. The van der Waals surface area contributed by atoms with Crippen LogP contribution in [0.3, 0.4) is 0 Å². The summed E-state index contributed by atoms with van der Waals surface area (Å²) in [4.78, 5) is 14.5. The van der Waals surface area contributed by atoms with E-state index < -0.39 is 24.2 Å². The van der Waals surface area contributed by atoms with E-state index in [9.17, 15) is 18.0 Å². The Hall–Kier alpha value is -3.30. The molecule has 4 rings (SSSR count). The molecular formula is C23H27F3N6O. The molecule has 0 saturated heterocycles. The van der Waals surface area contributed by atoms with Crippen molar-refractivity contribution in [1.29, 1.82) is 0 Å². The van der Waals surface area contributed by atoms with Gasteiger partial charge in [-0.1, -0.05) is 29.8 Å². The van der Waals surface area contributed by atoms with Crippen LogP contribution in [0.5, 0.6) is 0 Å². The molecule has 2 atom stereocenters. The van der Waals surface area contributed by atoms with E-state index in [0.717, 1.165) is 32.8 Å². The highest BCUT2D eigenvalue weighted by atomic mass is 19.4. The van der Waals surface area contributed by atoms with Gasteiger partial charge in [0.2, 0.25) is 0 Å². The fourth-order valence-electron chi connectivity index (χ4n) is 4.25. The normalized spacial score (nSPS) is 18.1. The smallest absolute Gasteiger partial charge is 0.363 e. The minimum Gasteiger partial charge on any atom is -0.363 e. The fourth-order valence-corrected chi connectivity index (χ4v) is 4.25. The Bertz CT molecular complexity index is 1180. The van der Waals surface area contributed by atoms with Crippen molar-refractivity contribution < 1.29 is 18.0 Å². The molecule has 10 heteroatoms. The van der Waals surface area contributed by atoms with Gasteiger partial charge in [0.1, 0.15) is 5.82 Å². The SMILES string of the molecule is Cc1ccc([C@@H]2C[C@H](C(F)(F)F)n3nc(C(=O)N(C)Cc4c(C)nn(C)c4C)cc3N2)cc1. The summed E-state index contributed by atoms with van der Waals surface area (Å²) in [6.45, 7) is 5.98. The van der Waals surface area contributed by atoms with Gasteiger partial charge in [-0.3, -0.25) is 9.48 Å². The average Bonchev–Trinajstić information content (AvgIpc) is 3.28. The van der Waals surface area contributed by atoms with Gasteiger partial charge in [-0.15, -0.1) is 0 Å². The van der Waals surface area contributed by atoms with Crippen LogP contribution in [-0.2, 0) is 13.6 Å². The van der Waals surface area contributed by atoms with Crippen molar-refractivity contribution in [2.24, 2.45) is 7.05 Å². The lowest BCUT2D eigenvalue weighted by Crippen LogP contribution is -2.35. The molecule has 0 fully saturated rings. The zero-order chi connectivity index (χ0) is 24.1. The number of amides is 1. The van der Waals surface area contributed by atoms with Crippen molar-refractivity contribution in [3.63, 3.8) is 0 Å². The number of carbonyl (C=O) groups is 1. The quantitative estimate of drug-likeness (QED) is 0.624. The number of anilines is 1. The van der Waals surface area contributed by atoms with E-state index in [-0.39, 0.29) is 24.5 Å². The van der Waals surface area contributed by atoms with Crippen molar-refractivity contribution in [2.75, 3.05) is 12.4 Å². The highest BCUT2D eigenvalue weighted by Crippen LogP contribution is 2.43. The van der Waals surface area contributed by atoms with E-state index in [1.165, 1.54) is 11.0 Å². The first-order valence-electron chi connectivity index (χ1n) is 10.7. The maximum atomic E-state index is 13.9. The maximum absolute atomic E-state index is 13.9. The zero-order valence-electron chi connectivity index (χ0n) is 19.2. The molecule has 33 heavy (non-hydrogen) atoms. The number of fused-ring (bicyclic) bond motifs is 1. The highest BCUT2D eigenvalue weighted by Gasteiger charge is 2.47. The molecular weight excluding hydrogens is 433 g/mol. The Morgan fingerprint density at radius 3 is 2.42 bits per heavy atom. The number of alkyl halides is 3.